The summed E-state index contributed by atoms with van der Waals surface area (Å²) in [6, 6.07) is 4.01. The molecule has 0 saturated heterocycles. The van der Waals surface area contributed by atoms with Crippen LogP contribution in [0.2, 0.25) is 0 Å². The molecule has 1 fully saturated rings. The van der Waals surface area contributed by atoms with E-state index in [1.54, 1.807) is 17.5 Å². The van der Waals surface area contributed by atoms with Gasteiger partial charge in [-0.25, -0.2) is 4.98 Å². The summed E-state index contributed by atoms with van der Waals surface area (Å²) >= 11 is 1.67. The van der Waals surface area contributed by atoms with Crippen molar-refractivity contribution in [2.45, 2.75) is 25.3 Å². The van der Waals surface area contributed by atoms with E-state index in [4.69, 9.17) is 0 Å². The molecule has 1 saturated carbocycles. The maximum atomic E-state index is 11.2. The molecule has 0 amide bonds. The fourth-order valence-electron chi connectivity index (χ4n) is 2.61. The molecule has 3 rings (SSSR count). The zero-order valence-electron chi connectivity index (χ0n) is 9.80. The molecule has 2 aromatic rings. The number of carboxylic acid groups (broad SMARTS) is 1. The van der Waals surface area contributed by atoms with Crippen LogP contribution in [0.3, 0.4) is 0 Å². The van der Waals surface area contributed by atoms with Crippen molar-refractivity contribution in [2.24, 2.45) is 5.92 Å². The van der Waals surface area contributed by atoms with Gasteiger partial charge >= 0.3 is 5.97 Å². The van der Waals surface area contributed by atoms with Gasteiger partial charge in [-0.15, -0.1) is 11.3 Å². The Kier molecular flexibility index (Phi) is 2.91. The second-order valence-electron chi connectivity index (χ2n) is 4.62. The molecular formula is C13H14N2O2S. The second kappa shape index (κ2) is 4.57. The number of carbonyl (C=O) groups is 1. The van der Waals surface area contributed by atoms with E-state index < -0.39 is 5.97 Å². The number of hydrogen-bond donors (Lipinski definition) is 2. The van der Waals surface area contributed by atoms with Crippen molar-refractivity contribution in [3.8, 4) is 0 Å². The first kappa shape index (κ1) is 11.5. The number of fused-ring (bicyclic) bond motifs is 1. The van der Waals surface area contributed by atoms with Gasteiger partial charge in [0.1, 0.15) is 5.82 Å². The molecule has 0 aromatic carbocycles. The van der Waals surface area contributed by atoms with Crippen molar-refractivity contribution >= 4 is 33.2 Å². The summed E-state index contributed by atoms with van der Waals surface area (Å²) in [6.45, 7) is 0. The first-order chi connectivity index (χ1) is 8.75. The third kappa shape index (κ3) is 1.95. The van der Waals surface area contributed by atoms with Crippen molar-refractivity contribution in [3.05, 3.63) is 23.7 Å². The van der Waals surface area contributed by atoms with Crippen molar-refractivity contribution in [3.63, 3.8) is 0 Å². The molecule has 2 N–H and O–H groups in total. The molecule has 1 aliphatic rings. The normalized spacial score (nSPS) is 23.3. The molecule has 1 aliphatic carbocycles. The highest BCUT2D eigenvalue weighted by atomic mass is 32.1. The predicted molar refractivity (Wildman–Crippen MR) is 72.0 cm³/mol. The minimum atomic E-state index is -0.706. The van der Waals surface area contributed by atoms with E-state index in [0.717, 1.165) is 30.5 Å². The Labute approximate surface area is 109 Å². The summed E-state index contributed by atoms with van der Waals surface area (Å²) < 4.78 is 1.18. The quantitative estimate of drug-likeness (QED) is 0.892. The van der Waals surface area contributed by atoms with Crippen molar-refractivity contribution in [1.29, 1.82) is 0 Å². The molecule has 18 heavy (non-hydrogen) atoms. The van der Waals surface area contributed by atoms with Gasteiger partial charge in [0.05, 0.1) is 5.92 Å². The van der Waals surface area contributed by atoms with Gasteiger partial charge in [0, 0.05) is 22.3 Å². The molecule has 2 atom stereocenters. The van der Waals surface area contributed by atoms with E-state index in [1.165, 1.54) is 4.70 Å². The van der Waals surface area contributed by atoms with E-state index >= 15 is 0 Å². The standard InChI is InChI=1S/C13H14N2O2S/c16-13(17)8-2-1-3-10(8)15-12-9-5-7-18-11(9)4-6-14-12/h4-8,10H,1-3H2,(H,14,15)(H,16,17). The molecule has 4 nitrogen and oxygen atoms in total. The average Bonchev–Trinajstić information content (AvgIpc) is 2.96. The molecule has 0 aliphatic heterocycles. The monoisotopic (exact) mass is 262 g/mol. The highest BCUT2D eigenvalue weighted by Crippen LogP contribution is 2.31. The van der Waals surface area contributed by atoms with Gasteiger partial charge in [0.2, 0.25) is 0 Å². The summed E-state index contributed by atoms with van der Waals surface area (Å²) in [5.41, 5.74) is 0. The Bertz CT molecular complexity index is 581. The third-order valence-corrected chi connectivity index (χ3v) is 4.42. The Morgan fingerprint density at radius 2 is 2.33 bits per heavy atom. The highest BCUT2D eigenvalue weighted by Gasteiger charge is 2.33. The van der Waals surface area contributed by atoms with Crippen molar-refractivity contribution < 1.29 is 9.90 Å². The van der Waals surface area contributed by atoms with Gasteiger partial charge < -0.3 is 10.4 Å². The van der Waals surface area contributed by atoms with Crippen LogP contribution in [-0.4, -0.2) is 22.1 Å². The lowest BCUT2D eigenvalue weighted by Crippen LogP contribution is -2.30. The summed E-state index contributed by atoms with van der Waals surface area (Å²) in [5, 5.41) is 15.6. The minimum Gasteiger partial charge on any atom is -0.481 e. The van der Waals surface area contributed by atoms with E-state index in [-0.39, 0.29) is 12.0 Å². The Balaban J connectivity index is 1.88. The van der Waals surface area contributed by atoms with Crippen LogP contribution in [-0.2, 0) is 4.79 Å². The number of hydrogen-bond acceptors (Lipinski definition) is 4. The number of pyridine rings is 1. The van der Waals surface area contributed by atoms with Crippen LogP contribution in [0.1, 0.15) is 19.3 Å². The number of aliphatic carboxylic acids is 1. The Morgan fingerprint density at radius 1 is 1.44 bits per heavy atom. The van der Waals surface area contributed by atoms with Gasteiger partial charge in [0.15, 0.2) is 0 Å². The predicted octanol–water partition coefficient (Wildman–Crippen LogP) is 2.96. The molecule has 0 spiro atoms. The van der Waals surface area contributed by atoms with Crippen molar-refractivity contribution in [2.75, 3.05) is 5.32 Å². The highest BCUT2D eigenvalue weighted by molar-refractivity contribution is 7.17. The third-order valence-electron chi connectivity index (χ3n) is 3.54. The van der Waals surface area contributed by atoms with Gasteiger partial charge in [0.25, 0.3) is 0 Å². The Hall–Kier alpha value is -1.62. The van der Waals surface area contributed by atoms with Gasteiger partial charge in [-0.05, 0) is 30.4 Å². The number of thiophene rings is 1. The van der Waals surface area contributed by atoms with Gasteiger partial charge in [-0.3, -0.25) is 4.79 Å². The largest absolute Gasteiger partial charge is 0.481 e. The maximum Gasteiger partial charge on any atom is 0.308 e. The van der Waals surface area contributed by atoms with Crippen LogP contribution in [0.5, 0.6) is 0 Å². The fraction of sp³-hybridized carbons (Fsp3) is 0.385. The van der Waals surface area contributed by atoms with Crippen LogP contribution < -0.4 is 5.32 Å². The maximum absolute atomic E-state index is 11.2. The smallest absolute Gasteiger partial charge is 0.308 e. The summed E-state index contributed by atoms with van der Waals surface area (Å²) in [4.78, 5) is 15.5. The van der Waals surface area contributed by atoms with Crippen LogP contribution in [0.4, 0.5) is 5.82 Å². The number of nitrogens with one attached hydrogen (secondary N) is 1. The minimum absolute atomic E-state index is 0.000463. The number of aromatic nitrogens is 1. The summed E-state index contributed by atoms with van der Waals surface area (Å²) in [5.74, 6) is -0.185. The van der Waals surface area contributed by atoms with E-state index in [2.05, 4.69) is 10.3 Å². The molecule has 94 valence electrons. The van der Waals surface area contributed by atoms with Crippen LogP contribution >= 0.6 is 11.3 Å². The van der Waals surface area contributed by atoms with Crippen LogP contribution in [0.15, 0.2) is 23.7 Å². The lowest BCUT2D eigenvalue weighted by molar-refractivity contribution is -0.141. The fourth-order valence-corrected chi connectivity index (χ4v) is 3.40. The molecular weight excluding hydrogens is 248 g/mol. The van der Waals surface area contributed by atoms with Gasteiger partial charge in [-0.2, -0.15) is 0 Å². The van der Waals surface area contributed by atoms with Gasteiger partial charge in [-0.1, -0.05) is 6.42 Å². The first-order valence-electron chi connectivity index (χ1n) is 6.07. The average molecular weight is 262 g/mol. The molecule has 0 bridgehead atoms. The molecule has 2 heterocycles. The zero-order valence-corrected chi connectivity index (χ0v) is 10.6. The summed E-state index contributed by atoms with van der Waals surface area (Å²) in [7, 11) is 0. The molecule has 0 radical (unpaired) electrons. The lowest BCUT2D eigenvalue weighted by Gasteiger charge is -2.18. The number of rotatable bonds is 3. The van der Waals surface area contributed by atoms with E-state index in [1.807, 2.05) is 17.5 Å². The van der Waals surface area contributed by atoms with Crippen molar-refractivity contribution in [1.82, 2.24) is 4.98 Å². The molecule has 5 heteroatoms. The number of nitrogens with zero attached hydrogens (tertiary/aromatic N) is 1. The van der Waals surface area contributed by atoms with E-state index in [9.17, 15) is 9.90 Å². The second-order valence-corrected chi connectivity index (χ2v) is 5.57. The zero-order chi connectivity index (χ0) is 12.5. The van der Waals surface area contributed by atoms with E-state index in [0.29, 0.717) is 0 Å². The van der Waals surface area contributed by atoms with Crippen LogP contribution in [0.25, 0.3) is 10.1 Å². The number of anilines is 1. The molecule has 2 unspecified atom stereocenters. The SMILES string of the molecule is O=C(O)C1CCCC1Nc1nccc2sccc12. The molecule has 2 aromatic heterocycles. The Morgan fingerprint density at radius 3 is 3.17 bits per heavy atom. The summed E-state index contributed by atoms with van der Waals surface area (Å²) in [6.07, 6.45) is 4.39. The number of carboxylic acids is 1. The first-order valence-corrected chi connectivity index (χ1v) is 6.95. The lowest BCUT2D eigenvalue weighted by atomic mass is 10.0. The topological polar surface area (TPSA) is 62.2 Å². The van der Waals surface area contributed by atoms with Crippen LogP contribution in [0, 0.1) is 5.92 Å².